The highest BCUT2D eigenvalue weighted by Gasteiger charge is 2.46. The molecule has 6 nitrogen and oxygen atoms in total. The Morgan fingerprint density at radius 1 is 1.15 bits per heavy atom. The number of aliphatic hydroxyl groups is 1. The molecule has 2 heterocycles. The van der Waals surface area contributed by atoms with Crippen LogP contribution in [0.3, 0.4) is 0 Å². The zero-order valence-corrected chi connectivity index (χ0v) is 19.8. The van der Waals surface area contributed by atoms with Gasteiger partial charge in [-0.05, 0) is 42.2 Å². The van der Waals surface area contributed by atoms with Gasteiger partial charge < -0.3 is 19.3 Å². The number of rotatable bonds is 6. The smallest absolute Gasteiger partial charge is 0.295 e. The van der Waals surface area contributed by atoms with Gasteiger partial charge in [0.15, 0.2) is 0 Å². The minimum atomic E-state index is -0.652. The third kappa shape index (κ3) is 3.69. The molecule has 1 aromatic heterocycles. The van der Waals surface area contributed by atoms with Crippen LogP contribution in [-0.2, 0) is 16.6 Å². The van der Waals surface area contributed by atoms with Gasteiger partial charge in [-0.25, -0.2) is 0 Å². The zero-order valence-electron chi connectivity index (χ0n) is 19.8. The number of aromatic nitrogens is 1. The van der Waals surface area contributed by atoms with Gasteiger partial charge in [0.2, 0.25) is 0 Å². The lowest BCUT2D eigenvalue weighted by atomic mass is 9.93. The van der Waals surface area contributed by atoms with Crippen LogP contribution in [0.4, 0.5) is 0 Å². The molecule has 1 fully saturated rings. The van der Waals surface area contributed by atoms with E-state index in [-0.39, 0.29) is 17.3 Å². The molecule has 1 amide bonds. The molecule has 1 atom stereocenters. The lowest BCUT2D eigenvalue weighted by Crippen LogP contribution is -2.30. The summed E-state index contributed by atoms with van der Waals surface area (Å²) in [5.41, 5.74) is 3.39. The molecule has 1 aliphatic rings. The molecule has 0 bridgehead atoms. The van der Waals surface area contributed by atoms with E-state index in [1.54, 1.807) is 24.1 Å². The number of fused-ring (bicyclic) bond motifs is 1. The van der Waals surface area contributed by atoms with Crippen LogP contribution >= 0.6 is 0 Å². The van der Waals surface area contributed by atoms with Crippen LogP contribution < -0.4 is 4.74 Å². The molecule has 4 rings (SSSR count). The van der Waals surface area contributed by atoms with Gasteiger partial charge in [0, 0.05) is 41.8 Å². The van der Waals surface area contributed by atoms with Gasteiger partial charge >= 0.3 is 0 Å². The number of aliphatic hydroxyl groups excluding tert-OH is 1. The Hall–Kier alpha value is -3.54. The first-order valence-corrected chi connectivity index (χ1v) is 11.3. The van der Waals surface area contributed by atoms with E-state index >= 15 is 0 Å². The summed E-state index contributed by atoms with van der Waals surface area (Å²) in [6.07, 6.45) is 2.65. The van der Waals surface area contributed by atoms with Crippen LogP contribution in [0.15, 0.2) is 54.2 Å². The van der Waals surface area contributed by atoms with Gasteiger partial charge in [-0.2, -0.15) is 0 Å². The maximum atomic E-state index is 13.2. The molecule has 33 heavy (non-hydrogen) atoms. The fourth-order valence-corrected chi connectivity index (χ4v) is 4.75. The number of amides is 1. The second-order valence-corrected chi connectivity index (χ2v) is 8.82. The summed E-state index contributed by atoms with van der Waals surface area (Å²) < 4.78 is 7.45. The van der Waals surface area contributed by atoms with E-state index < -0.39 is 17.7 Å². The van der Waals surface area contributed by atoms with Crippen molar-refractivity contribution in [1.29, 1.82) is 0 Å². The Morgan fingerprint density at radius 3 is 2.55 bits per heavy atom. The SMILES string of the molecule is CCCN1C(=O)C(=O)/C(=C(/O)c2ccc(OC)c(C(C)C)c2)C1c1cn(C)c2ccccc12. The quantitative estimate of drug-likeness (QED) is 0.323. The molecule has 1 aliphatic heterocycles. The highest BCUT2D eigenvalue weighted by molar-refractivity contribution is 6.46. The number of carbonyl (C=O) groups is 2. The monoisotopic (exact) mass is 446 g/mol. The van der Waals surface area contributed by atoms with Gasteiger partial charge in [0.1, 0.15) is 11.5 Å². The van der Waals surface area contributed by atoms with Gasteiger partial charge in [-0.15, -0.1) is 0 Å². The summed E-state index contributed by atoms with van der Waals surface area (Å²) in [6, 6.07) is 12.6. The predicted octanol–water partition coefficient (Wildman–Crippen LogP) is 5.14. The maximum absolute atomic E-state index is 13.2. The normalized spacial score (nSPS) is 18.0. The van der Waals surface area contributed by atoms with Crippen LogP contribution in [-0.4, -0.2) is 39.9 Å². The molecule has 1 N–H and O–H groups in total. The largest absolute Gasteiger partial charge is 0.507 e. The summed E-state index contributed by atoms with van der Waals surface area (Å²) in [5.74, 6) is -0.508. The maximum Gasteiger partial charge on any atom is 0.295 e. The Morgan fingerprint density at radius 2 is 1.88 bits per heavy atom. The average Bonchev–Trinajstić information content (AvgIpc) is 3.27. The number of nitrogens with zero attached hydrogens (tertiary/aromatic N) is 2. The number of likely N-dealkylation sites (tertiary alicyclic amines) is 1. The van der Waals surface area contributed by atoms with Crippen LogP contribution in [0.1, 0.15) is 55.8 Å². The standard InChI is InChI=1S/C27H30N2O4/c1-6-13-29-24(20-15-28(4)21-10-8-7-9-18(20)21)23(26(31)27(29)32)25(30)17-11-12-22(33-5)19(14-17)16(2)3/h7-12,14-16,24,30H,6,13H2,1-5H3/b25-23+. The zero-order chi connectivity index (χ0) is 23.9. The number of ether oxygens (including phenoxy) is 1. The first-order valence-electron chi connectivity index (χ1n) is 11.3. The Labute approximate surface area is 194 Å². The number of Topliss-reactive ketones (excluding diaryl/α,β-unsaturated/α-hetero) is 1. The van der Waals surface area contributed by atoms with Crippen molar-refractivity contribution < 1.29 is 19.4 Å². The van der Waals surface area contributed by atoms with Crippen LogP contribution in [0.5, 0.6) is 5.75 Å². The number of ketones is 1. The summed E-state index contributed by atoms with van der Waals surface area (Å²) in [5, 5.41) is 12.4. The summed E-state index contributed by atoms with van der Waals surface area (Å²) in [6.45, 7) is 6.48. The van der Waals surface area contributed by atoms with Gasteiger partial charge in [-0.1, -0.05) is 39.0 Å². The molecule has 0 saturated carbocycles. The molecule has 1 saturated heterocycles. The van der Waals surface area contributed by atoms with E-state index in [9.17, 15) is 14.7 Å². The van der Waals surface area contributed by atoms with Crippen molar-refractivity contribution in [1.82, 2.24) is 9.47 Å². The van der Waals surface area contributed by atoms with Gasteiger partial charge in [0.25, 0.3) is 11.7 Å². The summed E-state index contributed by atoms with van der Waals surface area (Å²) >= 11 is 0. The van der Waals surface area contributed by atoms with Crippen LogP contribution in [0.25, 0.3) is 16.7 Å². The van der Waals surface area contributed by atoms with E-state index in [4.69, 9.17) is 4.74 Å². The molecule has 3 aromatic rings. The Balaban J connectivity index is 1.96. The number of methoxy groups -OCH3 is 1. The van der Waals surface area contributed by atoms with Crippen molar-refractivity contribution in [2.45, 2.75) is 39.2 Å². The first kappa shape index (κ1) is 22.6. The third-order valence-electron chi connectivity index (χ3n) is 6.35. The highest BCUT2D eigenvalue weighted by atomic mass is 16.5. The first-order chi connectivity index (χ1) is 15.8. The second kappa shape index (κ2) is 8.77. The lowest BCUT2D eigenvalue weighted by molar-refractivity contribution is -0.139. The Bertz CT molecular complexity index is 1270. The van der Waals surface area contributed by atoms with Gasteiger partial charge in [-0.3, -0.25) is 9.59 Å². The van der Waals surface area contributed by atoms with E-state index in [1.807, 2.05) is 68.9 Å². The van der Waals surface area contributed by atoms with Crippen LogP contribution in [0, 0.1) is 0 Å². The van der Waals surface area contributed by atoms with E-state index in [2.05, 4.69) is 0 Å². The summed E-state index contributed by atoms with van der Waals surface area (Å²) in [7, 11) is 3.55. The number of hydrogen-bond donors (Lipinski definition) is 1. The number of benzene rings is 2. The highest BCUT2D eigenvalue weighted by Crippen LogP contribution is 2.43. The molecular formula is C27H30N2O4. The topological polar surface area (TPSA) is 71.8 Å². The van der Waals surface area contributed by atoms with Crippen LogP contribution in [0.2, 0.25) is 0 Å². The number of hydrogen-bond acceptors (Lipinski definition) is 4. The predicted molar refractivity (Wildman–Crippen MR) is 129 cm³/mol. The minimum Gasteiger partial charge on any atom is -0.507 e. The number of carbonyl (C=O) groups excluding carboxylic acids is 2. The average molecular weight is 447 g/mol. The van der Waals surface area contributed by atoms with Crippen molar-refractivity contribution in [3.8, 4) is 5.75 Å². The van der Waals surface area contributed by atoms with Crippen molar-refractivity contribution in [2.24, 2.45) is 7.05 Å². The van der Waals surface area contributed by atoms with Gasteiger partial charge in [0.05, 0.1) is 18.7 Å². The van der Waals surface area contributed by atoms with Crippen molar-refractivity contribution in [3.05, 3.63) is 70.9 Å². The van der Waals surface area contributed by atoms with Crippen molar-refractivity contribution >= 4 is 28.4 Å². The Kier molecular flexibility index (Phi) is 6.02. The molecule has 2 aromatic carbocycles. The van der Waals surface area contributed by atoms with E-state index in [1.165, 1.54) is 0 Å². The molecule has 1 unspecified atom stereocenters. The summed E-state index contributed by atoms with van der Waals surface area (Å²) in [4.78, 5) is 27.9. The lowest BCUT2D eigenvalue weighted by Gasteiger charge is -2.24. The molecule has 172 valence electrons. The minimum absolute atomic E-state index is 0.129. The third-order valence-corrected chi connectivity index (χ3v) is 6.35. The fraction of sp³-hybridized carbons (Fsp3) is 0.333. The molecule has 0 spiro atoms. The fourth-order valence-electron chi connectivity index (χ4n) is 4.75. The molecular weight excluding hydrogens is 416 g/mol. The van der Waals surface area contributed by atoms with E-state index in [0.29, 0.717) is 18.5 Å². The number of aryl methyl sites for hydroxylation is 1. The molecule has 0 radical (unpaired) electrons. The van der Waals surface area contributed by atoms with Crippen molar-refractivity contribution in [3.63, 3.8) is 0 Å². The van der Waals surface area contributed by atoms with Crippen molar-refractivity contribution in [2.75, 3.05) is 13.7 Å². The molecule has 0 aliphatic carbocycles. The molecule has 6 heteroatoms. The second-order valence-electron chi connectivity index (χ2n) is 8.82. The van der Waals surface area contributed by atoms with E-state index in [0.717, 1.165) is 27.8 Å². The number of para-hydroxylation sites is 1.